The maximum Gasteiger partial charge on any atom is 0.0105 e. The molecule has 0 fully saturated rings. The van der Waals surface area contributed by atoms with Crippen molar-refractivity contribution in [2.45, 2.75) is 51.4 Å². The molecule has 122 valence electrons. The van der Waals surface area contributed by atoms with Crippen LogP contribution in [0.1, 0.15) is 62.6 Å². The summed E-state index contributed by atoms with van der Waals surface area (Å²) < 4.78 is 0. The first kappa shape index (κ1) is 15.4. The third-order valence-electron chi connectivity index (χ3n) is 5.52. The molecule has 4 rings (SSSR count). The molecule has 0 heterocycles. The normalized spacial score (nSPS) is 18.5. The van der Waals surface area contributed by atoms with Crippen LogP contribution in [0, 0.1) is 0 Å². The van der Waals surface area contributed by atoms with Gasteiger partial charge < -0.3 is 0 Å². The molecule has 0 radical (unpaired) electrons. The van der Waals surface area contributed by atoms with Crippen molar-refractivity contribution >= 4 is 0 Å². The van der Waals surface area contributed by atoms with Gasteiger partial charge in [-0.1, -0.05) is 87.0 Å². The Morgan fingerprint density at radius 2 is 1.75 bits per heavy atom. The van der Waals surface area contributed by atoms with E-state index in [2.05, 4.69) is 81.5 Å². The summed E-state index contributed by atoms with van der Waals surface area (Å²) in [6, 6.07) is 16.1. The van der Waals surface area contributed by atoms with Gasteiger partial charge in [0.15, 0.2) is 0 Å². The molecule has 1 atom stereocenters. The van der Waals surface area contributed by atoms with E-state index in [1.54, 1.807) is 5.57 Å². The first-order valence-electron chi connectivity index (χ1n) is 9.12. The Balaban J connectivity index is 1.73. The van der Waals surface area contributed by atoms with Crippen LogP contribution in [-0.4, -0.2) is 0 Å². The highest BCUT2D eigenvalue weighted by Crippen LogP contribution is 2.48. The van der Waals surface area contributed by atoms with Gasteiger partial charge in [-0.2, -0.15) is 0 Å². The number of rotatable bonds is 3. The summed E-state index contributed by atoms with van der Waals surface area (Å²) in [5, 5.41) is 0. The average Bonchev–Trinajstić information content (AvgIpc) is 3.17. The molecule has 24 heavy (non-hydrogen) atoms. The molecule has 1 unspecified atom stereocenters. The van der Waals surface area contributed by atoms with E-state index in [-0.39, 0.29) is 5.41 Å². The van der Waals surface area contributed by atoms with E-state index in [4.69, 9.17) is 0 Å². The predicted octanol–water partition coefficient (Wildman–Crippen LogP) is 6.76. The molecule has 0 N–H and O–H groups in total. The van der Waals surface area contributed by atoms with Crippen LogP contribution in [0.4, 0.5) is 0 Å². The van der Waals surface area contributed by atoms with Crippen molar-refractivity contribution in [2.24, 2.45) is 0 Å². The van der Waals surface area contributed by atoms with Gasteiger partial charge in [0, 0.05) is 5.92 Å². The summed E-state index contributed by atoms with van der Waals surface area (Å²) in [6.07, 6.45) is 10.3. The second kappa shape index (κ2) is 5.77. The second-order valence-electron chi connectivity index (χ2n) is 8.19. The Kier molecular flexibility index (Phi) is 3.72. The molecule has 0 saturated carbocycles. The lowest BCUT2D eigenvalue weighted by molar-refractivity contribution is 0.588. The zero-order valence-corrected chi connectivity index (χ0v) is 15.0. The van der Waals surface area contributed by atoms with E-state index in [9.17, 15) is 0 Å². The van der Waals surface area contributed by atoms with Crippen LogP contribution in [-0.2, 0) is 5.41 Å². The minimum absolute atomic E-state index is 0.201. The lowest BCUT2D eigenvalue weighted by atomic mass is 9.83. The Bertz CT molecular complexity index is 827. The van der Waals surface area contributed by atoms with Gasteiger partial charge in [0.2, 0.25) is 0 Å². The fraction of sp³-hybridized carbons (Fsp3) is 0.333. The highest BCUT2D eigenvalue weighted by Gasteiger charge is 2.29. The molecule has 0 heteroatoms. The molecular weight excluding hydrogens is 288 g/mol. The minimum atomic E-state index is 0.201. The van der Waals surface area contributed by atoms with Gasteiger partial charge in [0.05, 0.1) is 0 Å². The minimum Gasteiger partial charge on any atom is -0.0805 e. The van der Waals surface area contributed by atoms with E-state index in [1.807, 2.05) is 0 Å². The first-order chi connectivity index (χ1) is 11.5. The van der Waals surface area contributed by atoms with Crippen molar-refractivity contribution in [1.29, 1.82) is 0 Å². The molecule has 0 bridgehead atoms. The standard InChI is InChI=1S/C24H26/c1-24(2,3)18-13-15-22-20-11-7-6-10-19(20)21(23(22)16-18)14-12-17-8-4-5-9-17/h4-8,10-11,13,15-16,21H,9,12,14H2,1-3H3. The fourth-order valence-electron chi connectivity index (χ4n) is 4.09. The number of benzene rings is 2. The second-order valence-corrected chi connectivity index (χ2v) is 8.19. The maximum atomic E-state index is 2.47. The molecule has 2 aromatic carbocycles. The first-order valence-corrected chi connectivity index (χ1v) is 9.12. The van der Waals surface area contributed by atoms with E-state index >= 15 is 0 Å². The topological polar surface area (TPSA) is 0 Å². The monoisotopic (exact) mass is 314 g/mol. The number of hydrogen-bond donors (Lipinski definition) is 0. The molecule has 0 spiro atoms. The fourth-order valence-corrected chi connectivity index (χ4v) is 4.09. The largest absolute Gasteiger partial charge is 0.0805 e. The molecule has 0 saturated heterocycles. The Labute approximate surface area is 145 Å². The Morgan fingerprint density at radius 1 is 0.958 bits per heavy atom. The number of hydrogen-bond acceptors (Lipinski definition) is 0. The summed E-state index contributed by atoms with van der Waals surface area (Å²) in [5.41, 5.74) is 9.17. The number of allylic oxidation sites excluding steroid dienone is 4. The maximum absolute atomic E-state index is 2.47. The summed E-state index contributed by atoms with van der Waals surface area (Å²) in [4.78, 5) is 0. The van der Waals surface area contributed by atoms with E-state index < -0.39 is 0 Å². The molecule has 0 amide bonds. The summed E-state index contributed by atoms with van der Waals surface area (Å²) in [5.74, 6) is 0.542. The molecule has 2 aliphatic rings. The number of fused-ring (bicyclic) bond motifs is 3. The highest BCUT2D eigenvalue weighted by atomic mass is 14.3. The van der Waals surface area contributed by atoms with Crippen molar-refractivity contribution in [2.75, 3.05) is 0 Å². The molecular formula is C24H26. The molecule has 2 aliphatic carbocycles. The lowest BCUT2D eigenvalue weighted by Gasteiger charge is -2.22. The summed E-state index contributed by atoms with van der Waals surface area (Å²) >= 11 is 0. The van der Waals surface area contributed by atoms with Crippen LogP contribution >= 0.6 is 0 Å². The van der Waals surface area contributed by atoms with Gasteiger partial charge in [0.1, 0.15) is 0 Å². The van der Waals surface area contributed by atoms with E-state index in [0.29, 0.717) is 5.92 Å². The Morgan fingerprint density at radius 3 is 2.50 bits per heavy atom. The van der Waals surface area contributed by atoms with Crippen LogP contribution in [0.2, 0.25) is 0 Å². The van der Waals surface area contributed by atoms with Crippen LogP contribution in [0.5, 0.6) is 0 Å². The molecule has 2 aromatic rings. The highest BCUT2D eigenvalue weighted by molar-refractivity contribution is 5.79. The molecule has 0 nitrogen and oxygen atoms in total. The Hall–Kier alpha value is -2.08. The third kappa shape index (κ3) is 2.65. The van der Waals surface area contributed by atoms with Crippen molar-refractivity contribution in [1.82, 2.24) is 0 Å². The van der Waals surface area contributed by atoms with Crippen LogP contribution in [0.3, 0.4) is 0 Å². The predicted molar refractivity (Wildman–Crippen MR) is 103 cm³/mol. The van der Waals surface area contributed by atoms with E-state index in [1.165, 1.54) is 40.7 Å². The van der Waals surface area contributed by atoms with Crippen molar-refractivity contribution in [3.8, 4) is 11.1 Å². The van der Waals surface area contributed by atoms with Gasteiger partial charge >= 0.3 is 0 Å². The molecule has 0 aliphatic heterocycles. The van der Waals surface area contributed by atoms with Gasteiger partial charge in [-0.15, -0.1) is 0 Å². The van der Waals surface area contributed by atoms with Gasteiger partial charge in [0.25, 0.3) is 0 Å². The van der Waals surface area contributed by atoms with Gasteiger partial charge in [-0.25, -0.2) is 0 Å². The van der Waals surface area contributed by atoms with Crippen LogP contribution < -0.4 is 0 Å². The SMILES string of the molecule is CC(C)(C)c1ccc2c(c1)C(CCC1=CC=CC1)c1ccccc1-2. The van der Waals surface area contributed by atoms with Crippen molar-refractivity contribution < 1.29 is 0 Å². The summed E-state index contributed by atoms with van der Waals surface area (Å²) in [6.45, 7) is 6.92. The van der Waals surface area contributed by atoms with Crippen LogP contribution in [0.25, 0.3) is 11.1 Å². The van der Waals surface area contributed by atoms with Crippen molar-refractivity contribution in [3.63, 3.8) is 0 Å². The quantitative estimate of drug-likeness (QED) is 0.587. The van der Waals surface area contributed by atoms with Gasteiger partial charge in [-0.05, 0) is 52.5 Å². The van der Waals surface area contributed by atoms with E-state index in [0.717, 1.165) is 6.42 Å². The average molecular weight is 314 g/mol. The smallest absolute Gasteiger partial charge is 0.0105 e. The lowest BCUT2D eigenvalue weighted by Crippen LogP contribution is -2.11. The van der Waals surface area contributed by atoms with Crippen LogP contribution in [0.15, 0.2) is 66.3 Å². The zero-order valence-electron chi connectivity index (χ0n) is 15.0. The zero-order chi connectivity index (χ0) is 16.7. The van der Waals surface area contributed by atoms with Gasteiger partial charge in [-0.3, -0.25) is 0 Å². The molecule has 0 aromatic heterocycles. The third-order valence-corrected chi connectivity index (χ3v) is 5.52. The van der Waals surface area contributed by atoms with Crippen molar-refractivity contribution in [3.05, 3.63) is 83.0 Å². The summed E-state index contributed by atoms with van der Waals surface area (Å²) in [7, 11) is 0.